The van der Waals surface area contributed by atoms with E-state index in [4.69, 9.17) is 0 Å². The zero-order valence-electron chi connectivity index (χ0n) is 12.9. The van der Waals surface area contributed by atoms with Gasteiger partial charge < -0.3 is 4.57 Å². The third-order valence-corrected chi connectivity index (χ3v) is 6.36. The van der Waals surface area contributed by atoms with Gasteiger partial charge >= 0.3 is 0 Å². The van der Waals surface area contributed by atoms with Crippen molar-refractivity contribution in [1.29, 1.82) is 0 Å². The molecule has 1 saturated heterocycles. The molecule has 0 radical (unpaired) electrons. The van der Waals surface area contributed by atoms with Crippen LogP contribution in [-0.2, 0) is 17.1 Å². The summed E-state index contributed by atoms with van der Waals surface area (Å²) in [7, 11) is -1.58. The molecular formula is C15H21N3O2S. The van der Waals surface area contributed by atoms with Crippen molar-refractivity contribution < 1.29 is 8.42 Å². The monoisotopic (exact) mass is 307 g/mol. The Morgan fingerprint density at radius 3 is 2.67 bits per heavy atom. The van der Waals surface area contributed by atoms with Crippen LogP contribution in [0.3, 0.4) is 0 Å². The number of rotatable bonds is 2. The number of imidazole rings is 1. The van der Waals surface area contributed by atoms with Crippen LogP contribution in [0.25, 0.3) is 11.0 Å². The maximum Gasteiger partial charge on any atom is 0.243 e. The fourth-order valence-corrected chi connectivity index (χ4v) is 5.31. The van der Waals surface area contributed by atoms with Crippen molar-refractivity contribution in [1.82, 2.24) is 13.9 Å². The molecule has 1 aromatic carbocycles. The first-order valence-electron chi connectivity index (χ1n) is 7.16. The molecule has 1 atom stereocenters. The summed E-state index contributed by atoms with van der Waals surface area (Å²) in [5.41, 5.74) is 1.31. The second-order valence-electron chi connectivity index (χ2n) is 6.66. The van der Waals surface area contributed by atoms with Crippen LogP contribution in [0.5, 0.6) is 0 Å². The number of sulfonamides is 1. The highest BCUT2D eigenvalue weighted by Crippen LogP contribution is 2.37. The van der Waals surface area contributed by atoms with Gasteiger partial charge in [-0.15, -0.1) is 0 Å². The fraction of sp³-hybridized carbons (Fsp3) is 0.533. The summed E-state index contributed by atoms with van der Waals surface area (Å²) >= 11 is 0. The minimum Gasteiger partial charge on any atom is -0.334 e. The summed E-state index contributed by atoms with van der Waals surface area (Å²) < 4.78 is 29.4. The molecule has 0 bridgehead atoms. The summed E-state index contributed by atoms with van der Waals surface area (Å²) in [6.07, 6.45) is 2.58. The largest absolute Gasteiger partial charge is 0.334 e. The Morgan fingerprint density at radius 1 is 1.33 bits per heavy atom. The molecule has 1 unspecified atom stereocenters. The molecule has 3 rings (SSSR count). The van der Waals surface area contributed by atoms with Gasteiger partial charge in [0.2, 0.25) is 10.0 Å². The van der Waals surface area contributed by atoms with E-state index in [2.05, 4.69) is 11.9 Å². The molecule has 1 fully saturated rings. The minimum absolute atomic E-state index is 0.330. The Bertz CT molecular complexity index is 792. The smallest absolute Gasteiger partial charge is 0.243 e. The molecular weight excluding hydrogens is 286 g/mol. The molecule has 0 N–H and O–H groups in total. The lowest BCUT2D eigenvalue weighted by Crippen LogP contribution is -2.42. The fourth-order valence-electron chi connectivity index (χ4n) is 3.38. The van der Waals surface area contributed by atoms with Crippen molar-refractivity contribution in [2.45, 2.75) is 37.6 Å². The molecule has 0 spiro atoms. The molecule has 0 aliphatic carbocycles. The first kappa shape index (κ1) is 14.5. The van der Waals surface area contributed by atoms with E-state index in [-0.39, 0.29) is 5.54 Å². The number of aromatic nitrogens is 2. The highest BCUT2D eigenvalue weighted by Gasteiger charge is 2.44. The highest BCUT2D eigenvalue weighted by molar-refractivity contribution is 7.89. The van der Waals surface area contributed by atoms with Crippen molar-refractivity contribution in [3.05, 3.63) is 24.5 Å². The molecule has 114 valence electrons. The van der Waals surface area contributed by atoms with E-state index in [1.165, 1.54) is 0 Å². The lowest BCUT2D eigenvalue weighted by Gasteiger charge is -2.30. The summed E-state index contributed by atoms with van der Waals surface area (Å²) in [5, 5.41) is 0. The van der Waals surface area contributed by atoms with E-state index in [0.29, 0.717) is 22.9 Å². The number of hydrogen-bond donors (Lipinski definition) is 0. The maximum absolute atomic E-state index is 12.9. The highest BCUT2D eigenvalue weighted by atomic mass is 32.2. The lowest BCUT2D eigenvalue weighted by molar-refractivity contribution is 0.292. The molecule has 2 aromatic rings. The van der Waals surface area contributed by atoms with E-state index in [1.807, 2.05) is 31.5 Å². The van der Waals surface area contributed by atoms with Crippen molar-refractivity contribution in [3.63, 3.8) is 0 Å². The van der Waals surface area contributed by atoms with Crippen molar-refractivity contribution in [2.75, 3.05) is 6.54 Å². The Morgan fingerprint density at radius 2 is 2.05 bits per heavy atom. The van der Waals surface area contributed by atoms with Gasteiger partial charge in [-0.2, -0.15) is 4.31 Å². The minimum atomic E-state index is -3.48. The van der Waals surface area contributed by atoms with Gasteiger partial charge in [-0.3, -0.25) is 0 Å². The topological polar surface area (TPSA) is 55.2 Å². The average Bonchev–Trinajstić information content (AvgIpc) is 2.89. The molecule has 6 heteroatoms. The first-order chi connectivity index (χ1) is 9.72. The van der Waals surface area contributed by atoms with Gasteiger partial charge in [0.15, 0.2) is 0 Å². The number of aryl methyl sites for hydroxylation is 1. The van der Waals surface area contributed by atoms with Crippen LogP contribution in [0, 0.1) is 5.92 Å². The Labute approximate surface area is 125 Å². The molecule has 21 heavy (non-hydrogen) atoms. The summed E-state index contributed by atoms with van der Waals surface area (Å²) in [5.74, 6) is 0.383. The van der Waals surface area contributed by atoms with Crippen LogP contribution >= 0.6 is 0 Å². The Kier molecular flexibility index (Phi) is 3.15. The SMILES string of the molecule is CC1CN(S(=O)(=O)c2ccc3c(c2)ncn3C)C(C)(C)C1. The van der Waals surface area contributed by atoms with E-state index in [9.17, 15) is 8.42 Å². The predicted octanol–water partition coefficient (Wildman–Crippen LogP) is 2.38. The molecule has 0 amide bonds. The molecule has 5 nitrogen and oxygen atoms in total. The quantitative estimate of drug-likeness (QED) is 0.856. The first-order valence-corrected chi connectivity index (χ1v) is 8.60. The molecule has 1 aliphatic rings. The number of benzene rings is 1. The number of hydrogen-bond acceptors (Lipinski definition) is 3. The zero-order chi connectivity index (χ0) is 15.4. The zero-order valence-corrected chi connectivity index (χ0v) is 13.7. The van der Waals surface area contributed by atoms with Gasteiger partial charge in [0, 0.05) is 19.1 Å². The Balaban J connectivity index is 2.08. The van der Waals surface area contributed by atoms with Gasteiger partial charge in [0.25, 0.3) is 0 Å². The van der Waals surface area contributed by atoms with E-state index in [1.54, 1.807) is 22.8 Å². The summed E-state index contributed by atoms with van der Waals surface area (Å²) in [6, 6.07) is 5.17. The van der Waals surface area contributed by atoms with Crippen LogP contribution in [0.2, 0.25) is 0 Å². The third kappa shape index (κ3) is 2.26. The van der Waals surface area contributed by atoms with Gasteiger partial charge in [-0.1, -0.05) is 6.92 Å². The standard InChI is InChI=1S/C15H21N3O2S/c1-11-8-15(2,3)18(9-11)21(19,20)12-5-6-14-13(7-12)16-10-17(14)4/h5-7,10-11H,8-9H2,1-4H3. The Hall–Kier alpha value is -1.40. The van der Waals surface area contributed by atoms with Crippen LogP contribution in [0.15, 0.2) is 29.4 Å². The number of fused-ring (bicyclic) bond motifs is 1. The summed E-state index contributed by atoms with van der Waals surface area (Å²) in [4.78, 5) is 4.58. The molecule has 0 saturated carbocycles. The lowest BCUT2D eigenvalue weighted by atomic mass is 9.99. The molecule has 2 heterocycles. The maximum atomic E-state index is 12.9. The predicted molar refractivity (Wildman–Crippen MR) is 82.5 cm³/mol. The van der Waals surface area contributed by atoms with E-state index >= 15 is 0 Å². The van der Waals surface area contributed by atoms with E-state index < -0.39 is 10.0 Å². The third-order valence-electron chi connectivity index (χ3n) is 4.29. The van der Waals surface area contributed by atoms with Crippen LogP contribution < -0.4 is 0 Å². The van der Waals surface area contributed by atoms with Crippen molar-refractivity contribution >= 4 is 21.1 Å². The van der Waals surface area contributed by atoms with Gasteiger partial charge in [0.05, 0.1) is 22.3 Å². The second kappa shape index (κ2) is 4.55. The second-order valence-corrected chi connectivity index (χ2v) is 8.53. The average molecular weight is 307 g/mol. The van der Waals surface area contributed by atoms with Gasteiger partial charge in [-0.25, -0.2) is 13.4 Å². The number of nitrogens with zero attached hydrogens (tertiary/aromatic N) is 3. The van der Waals surface area contributed by atoms with E-state index in [0.717, 1.165) is 11.9 Å². The van der Waals surface area contributed by atoms with Crippen LogP contribution in [0.1, 0.15) is 27.2 Å². The molecule has 1 aromatic heterocycles. The van der Waals surface area contributed by atoms with Gasteiger partial charge in [0.1, 0.15) is 0 Å². The normalized spacial score (nSPS) is 23.0. The van der Waals surface area contributed by atoms with Gasteiger partial charge in [-0.05, 0) is 44.4 Å². The van der Waals surface area contributed by atoms with Crippen LogP contribution in [0.4, 0.5) is 0 Å². The van der Waals surface area contributed by atoms with Crippen LogP contribution in [-0.4, -0.2) is 34.4 Å². The molecule has 1 aliphatic heterocycles. The van der Waals surface area contributed by atoms with Crippen molar-refractivity contribution in [2.24, 2.45) is 13.0 Å². The summed E-state index contributed by atoms with van der Waals surface area (Å²) in [6.45, 7) is 6.66. The van der Waals surface area contributed by atoms with Crippen molar-refractivity contribution in [3.8, 4) is 0 Å².